The molecule has 16 heavy (non-hydrogen) atoms. The summed E-state index contributed by atoms with van der Waals surface area (Å²) in [6.45, 7) is 0.352. The van der Waals surface area contributed by atoms with Gasteiger partial charge in [-0.1, -0.05) is 0 Å². The smallest absolute Gasteiger partial charge is 0.407 e. The van der Waals surface area contributed by atoms with Crippen LogP contribution in [0, 0.1) is 5.92 Å². The van der Waals surface area contributed by atoms with Gasteiger partial charge in [-0.15, -0.1) is 0 Å². The Morgan fingerprint density at radius 3 is 2.56 bits per heavy atom. The van der Waals surface area contributed by atoms with Crippen LogP contribution in [-0.2, 0) is 0 Å². The van der Waals surface area contributed by atoms with Gasteiger partial charge in [-0.25, -0.2) is 9.18 Å². The van der Waals surface area contributed by atoms with Crippen LogP contribution < -0.4 is 5.73 Å². The van der Waals surface area contributed by atoms with E-state index in [4.69, 9.17) is 10.8 Å². The molecule has 0 saturated heterocycles. The van der Waals surface area contributed by atoms with Crippen molar-refractivity contribution in [1.29, 1.82) is 0 Å². The third-order valence-electron chi connectivity index (χ3n) is 3.25. The third-order valence-corrected chi connectivity index (χ3v) is 3.25. The van der Waals surface area contributed by atoms with Gasteiger partial charge in [0, 0.05) is 19.6 Å². The summed E-state index contributed by atoms with van der Waals surface area (Å²) in [6, 6.07) is -0.137. The Morgan fingerprint density at radius 2 is 2.06 bits per heavy atom. The molecule has 0 aliphatic heterocycles. The molecule has 1 aliphatic rings. The number of nitrogens with two attached hydrogens (primary N) is 1. The Kier molecular flexibility index (Phi) is 4.99. The van der Waals surface area contributed by atoms with E-state index in [1.165, 1.54) is 11.9 Å². The quantitative estimate of drug-likeness (QED) is 0.777. The number of amides is 1. The number of hydrogen-bond acceptors (Lipinski definition) is 2. The molecule has 0 heterocycles. The van der Waals surface area contributed by atoms with Gasteiger partial charge in [0.05, 0.1) is 0 Å². The summed E-state index contributed by atoms with van der Waals surface area (Å²) in [4.78, 5) is 11.8. The van der Waals surface area contributed by atoms with Crippen molar-refractivity contribution in [3.63, 3.8) is 0 Å². The fraction of sp³-hybridized carbons (Fsp3) is 0.909. The fourth-order valence-electron chi connectivity index (χ4n) is 2.29. The lowest BCUT2D eigenvalue weighted by molar-refractivity contribution is 0.148. The van der Waals surface area contributed by atoms with E-state index in [0.29, 0.717) is 25.3 Å². The minimum atomic E-state index is -0.956. The van der Waals surface area contributed by atoms with Crippen molar-refractivity contribution in [2.75, 3.05) is 13.6 Å². The molecule has 1 aliphatic carbocycles. The molecular weight excluding hydrogens is 211 g/mol. The average molecular weight is 232 g/mol. The molecule has 0 aromatic carbocycles. The number of alkyl halides is 1. The zero-order valence-electron chi connectivity index (χ0n) is 9.73. The lowest BCUT2D eigenvalue weighted by atomic mass is 9.84. The Hall–Kier alpha value is -0.840. The largest absolute Gasteiger partial charge is 0.465 e. The fourth-order valence-corrected chi connectivity index (χ4v) is 2.29. The minimum Gasteiger partial charge on any atom is -0.465 e. The van der Waals surface area contributed by atoms with E-state index in [1.54, 1.807) is 0 Å². The summed E-state index contributed by atoms with van der Waals surface area (Å²) in [7, 11) is 1.51. The second-order valence-corrected chi connectivity index (χ2v) is 4.78. The molecule has 1 fully saturated rings. The zero-order valence-corrected chi connectivity index (χ0v) is 9.73. The first-order valence-corrected chi connectivity index (χ1v) is 5.82. The van der Waals surface area contributed by atoms with E-state index >= 15 is 0 Å². The van der Waals surface area contributed by atoms with Gasteiger partial charge >= 0.3 is 6.09 Å². The first-order valence-electron chi connectivity index (χ1n) is 5.82. The monoisotopic (exact) mass is 232 g/mol. The van der Waals surface area contributed by atoms with E-state index in [1.807, 2.05) is 0 Å². The van der Waals surface area contributed by atoms with Gasteiger partial charge < -0.3 is 15.7 Å². The zero-order chi connectivity index (χ0) is 12.1. The van der Waals surface area contributed by atoms with Crippen molar-refractivity contribution in [2.24, 2.45) is 11.7 Å². The standard InChI is InChI=1S/C11H21FN2O2/c1-14(11(15)16)7-10(13)6-8-2-4-9(12)5-3-8/h8-10H,2-7,13H2,1H3,(H,15,16)/t8-,9+,10-/m0/s1. The SMILES string of the molecule is CN(C[C@@H](N)C[C@H]1CC[C@@H](F)CC1)C(=O)O. The molecule has 0 unspecified atom stereocenters. The molecular formula is C11H21FN2O2. The van der Waals surface area contributed by atoms with Gasteiger partial charge in [0.1, 0.15) is 6.17 Å². The molecule has 4 nitrogen and oxygen atoms in total. The van der Waals surface area contributed by atoms with E-state index in [0.717, 1.165) is 19.3 Å². The molecule has 94 valence electrons. The number of carboxylic acid groups (broad SMARTS) is 1. The Balaban J connectivity index is 2.23. The van der Waals surface area contributed by atoms with Crippen molar-refractivity contribution < 1.29 is 14.3 Å². The molecule has 0 aromatic heterocycles. The predicted octanol–water partition coefficient (Wildman–Crippen LogP) is 1.84. The normalized spacial score (nSPS) is 27.4. The maximum atomic E-state index is 12.9. The topological polar surface area (TPSA) is 66.6 Å². The number of nitrogens with zero attached hydrogens (tertiary/aromatic N) is 1. The lowest BCUT2D eigenvalue weighted by Gasteiger charge is -2.27. The first-order chi connectivity index (χ1) is 7.49. The summed E-state index contributed by atoms with van der Waals surface area (Å²) in [6.07, 6.45) is 2.22. The minimum absolute atomic E-state index is 0.137. The molecule has 1 atom stereocenters. The first kappa shape index (κ1) is 13.2. The summed E-state index contributed by atoms with van der Waals surface area (Å²) < 4.78 is 12.9. The van der Waals surface area contributed by atoms with Crippen LogP contribution in [0.1, 0.15) is 32.1 Å². The van der Waals surface area contributed by atoms with Crippen molar-refractivity contribution in [3.8, 4) is 0 Å². The molecule has 3 N–H and O–H groups in total. The highest BCUT2D eigenvalue weighted by Crippen LogP contribution is 2.29. The van der Waals surface area contributed by atoms with Crippen LogP contribution >= 0.6 is 0 Å². The van der Waals surface area contributed by atoms with E-state index in [-0.39, 0.29) is 6.04 Å². The van der Waals surface area contributed by atoms with E-state index in [2.05, 4.69) is 0 Å². The highest BCUT2D eigenvalue weighted by atomic mass is 19.1. The highest BCUT2D eigenvalue weighted by molar-refractivity contribution is 5.64. The number of likely N-dealkylation sites (N-methyl/N-ethyl adjacent to an activating group) is 1. The van der Waals surface area contributed by atoms with E-state index < -0.39 is 12.3 Å². The molecule has 1 saturated carbocycles. The second kappa shape index (κ2) is 6.03. The Labute approximate surface area is 95.6 Å². The summed E-state index contributed by atoms with van der Waals surface area (Å²) in [5, 5.41) is 8.69. The average Bonchev–Trinajstić information content (AvgIpc) is 2.21. The molecule has 5 heteroatoms. The van der Waals surface area contributed by atoms with Crippen LogP contribution in [0.4, 0.5) is 9.18 Å². The second-order valence-electron chi connectivity index (χ2n) is 4.78. The Morgan fingerprint density at radius 1 is 1.50 bits per heavy atom. The molecule has 0 spiro atoms. The van der Waals surface area contributed by atoms with Gasteiger partial charge in [0.15, 0.2) is 0 Å². The summed E-state index contributed by atoms with van der Waals surface area (Å²) in [5.41, 5.74) is 5.88. The Bertz CT molecular complexity index is 230. The summed E-state index contributed by atoms with van der Waals surface area (Å²) in [5.74, 6) is 0.462. The molecule has 0 aromatic rings. The van der Waals surface area contributed by atoms with Crippen LogP contribution in [0.3, 0.4) is 0 Å². The lowest BCUT2D eigenvalue weighted by Crippen LogP contribution is -2.39. The van der Waals surface area contributed by atoms with Gasteiger partial charge in [-0.05, 0) is 38.0 Å². The van der Waals surface area contributed by atoms with Gasteiger partial charge in [0.2, 0.25) is 0 Å². The van der Waals surface area contributed by atoms with Crippen molar-refractivity contribution in [3.05, 3.63) is 0 Å². The number of hydrogen-bond donors (Lipinski definition) is 2. The molecule has 0 radical (unpaired) electrons. The van der Waals surface area contributed by atoms with Crippen molar-refractivity contribution in [2.45, 2.75) is 44.3 Å². The van der Waals surface area contributed by atoms with Crippen LogP contribution in [0.2, 0.25) is 0 Å². The molecule has 0 bridgehead atoms. The van der Waals surface area contributed by atoms with E-state index in [9.17, 15) is 9.18 Å². The van der Waals surface area contributed by atoms with Crippen LogP contribution in [0.25, 0.3) is 0 Å². The molecule has 1 rings (SSSR count). The summed E-state index contributed by atoms with van der Waals surface area (Å²) >= 11 is 0. The van der Waals surface area contributed by atoms with Crippen molar-refractivity contribution >= 4 is 6.09 Å². The van der Waals surface area contributed by atoms with Crippen LogP contribution in [0.5, 0.6) is 0 Å². The number of carbonyl (C=O) groups is 1. The van der Waals surface area contributed by atoms with Gasteiger partial charge in [0.25, 0.3) is 0 Å². The highest BCUT2D eigenvalue weighted by Gasteiger charge is 2.23. The maximum Gasteiger partial charge on any atom is 0.407 e. The number of halogens is 1. The predicted molar refractivity (Wildman–Crippen MR) is 60.1 cm³/mol. The van der Waals surface area contributed by atoms with Gasteiger partial charge in [-0.2, -0.15) is 0 Å². The van der Waals surface area contributed by atoms with Crippen LogP contribution in [-0.4, -0.2) is 41.9 Å². The van der Waals surface area contributed by atoms with Gasteiger partial charge in [-0.3, -0.25) is 0 Å². The van der Waals surface area contributed by atoms with Crippen molar-refractivity contribution in [1.82, 2.24) is 4.90 Å². The maximum absolute atomic E-state index is 12.9. The molecule has 1 amide bonds. The van der Waals surface area contributed by atoms with Crippen LogP contribution in [0.15, 0.2) is 0 Å². The third kappa shape index (κ3) is 4.35. The number of rotatable bonds is 4.